The molecule has 0 fully saturated rings. The molecule has 0 unspecified atom stereocenters. The summed E-state index contributed by atoms with van der Waals surface area (Å²) in [4.78, 5) is 0.0401. The molecule has 0 aliphatic heterocycles. The number of hydrogen-bond donors (Lipinski definition) is 2. The Hall–Kier alpha value is -1.80. The summed E-state index contributed by atoms with van der Waals surface area (Å²) in [6, 6.07) is 12.7. The van der Waals surface area contributed by atoms with E-state index in [1.54, 1.807) is 43.5 Å². The van der Waals surface area contributed by atoms with Crippen LogP contribution >= 0.6 is 11.6 Å². The molecular weight excluding hydrogens is 354 g/mol. The molecule has 0 bridgehead atoms. The van der Waals surface area contributed by atoms with Crippen LogP contribution in [0.5, 0.6) is 11.5 Å². The molecule has 0 saturated carbocycles. The van der Waals surface area contributed by atoms with Crippen molar-refractivity contribution in [3.05, 3.63) is 53.6 Å². The summed E-state index contributed by atoms with van der Waals surface area (Å²) < 4.78 is 36.9. The van der Waals surface area contributed by atoms with Crippen LogP contribution in [0, 0.1) is 0 Å². The highest BCUT2D eigenvalue weighted by Gasteiger charge is 2.16. The number of benzene rings is 2. The summed E-state index contributed by atoms with van der Waals surface area (Å²) in [6.07, 6.45) is -0.999. The fourth-order valence-electron chi connectivity index (χ4n) is 1.85. The Bertz CT molecular complexity index is 764. The van der Waals surface area contributed by atoms with Gasteiger partial charge in [0.1, 0.15) is 24.2 Å². The van der Waals surface area contributed by atoms with Crippen molar-refractivity contribution < 1.29 is 23.0 Å². The minimum atomic E-state index is -3.74. The first-order valence-electron chi connectivity index (χ1n) is 7.11. The van der Waals surface area contributed by atoms with Crippen LogP contribution in [-0.2, 0) is 10.0 Å². The Balaban J connectivity index is 1.84. The maximum atomic E-state index is 12.1. The van der Waals surface area contributed by atoms with Gasteiger partial charge in [-0.2, -0.15) is 0 Å². The Morgan fingerprint density at radius 1 is 1.17 bits per heavy atom. The Morgan fingerprint density at radius 2 is 1.83 bits per heavy atom. The van der Waals surface area contributed by atoms with Crippen LogP contribution in [0.3, 0.4) is 0 Å². The van der Waals surface area contributed by atoms with Crippen molar-refractivity contribution in [1.29, 1.82) is 0 Å². The first-order valence-corrected chi connectivity index (χ1v) is 8.97. The summed E-state index contributed by atoms with van der Waals surface area (Å²) in [5.74, 6) is 1.24. The van der Waals surface area contributed by atoms with E-state index in [1.807, 2.05) is 0 Å². The van der Waals surface area contributed by atoms with Crippen molar-refractivity contribution in [1.82, 2.24) is 4.72 Å². The number of ether oxygens (including phenoxy) is 2. The number of aliphatic hydroxyl groups is 1. The smallest absolute Gasteiger partial charge is 0.240 e. The summed E-state index contributed by atoms with van der Waals surface area (Å²) in [5.41, 5.74) is 0. The SMILES string of the molecule is COc1ccc(OC[C@H](O)CNS(=O)(=O)c2cccc(Cl)c2)cc1. The average molecular weight is 372 g/mol. The Kier molecular flexibility index (Phi) is 6.44. The van der Waals surface area contributed by atoms with Crippen molar-refractivity contribution in [2.45, 2.75) is 11.0 Å². The van der Waals surface area contributed by atoms with Gasteiger partial charge in [0, 0.05) is 11.6 Å². The maximum Gasteiger partial charge on any atom is 0.240 e. The molecule has 0 radical (unpaired) electrons. The number of rotatable bonds is 8. The molecule has 2 rings (SSSR count). The third-order valence-electron chi connectivity index (χ3n) is 3.12. The van der Waals surface area contributed by atoms with Crippen LogP contribution in [-0.4, -0.2) is 39.9 Å². The molecule has 24 heavy (non-hydrogen) atoms. The molecule has 0 heterocycles. The van der Waals surface area contributed by atoms with E-state index in [-0.39, 0.29) is 18.0 Å². The molecule has 8 heteroatoms. The Labute approximate surface area is 146 Å². The van der Waals surface area contributed by atoms with Gasteiger partial charge in [0.25, 0.3) is 0 Å². The van der Waals surface area contributed by atoms with Gasteiger partial charge in [-0.3, -0.25) is 0 Å². The quantitative estimate of drug-likeness (QED) is 0.742. The number of nitrogens with one attached hydrogen (secondary N) is 1. The number of sulfonamides is 1. The van der Waals surface area contributed by atoms with E-state index in [4.69, 9.17) is 21.1 Å². The molecule has 2 aromatic rings. The highest BCUT2D eigenvalue weighted by molar-refractivity contribution is 7.89. The average Bonchev–Trinajstić information content (AvgIpc) is 2.58. The second kappa shape index (κ2) is 8.34. The van der Waals surface area contributed by atoms with Crippen LogP contribution in [0.2, 0.25) is 5.02 Å². The van der Waals surface area contributed by atoms with Gasteiger partial charge >= 0.3 is 0 Å². The molecule has 0 aliphatic carbocycles. The van der Waals surface area contributed by atoms with Gasteiger partial charge in [-0.1, -0.05) is 17.7 Å². The van der Waals surface area contributed by atoms with Crippen LogP contribution in [0.25, 0.3) is 0 Å². The molecule has 2 aromatic carbocycles. The van der Waals surface area contributed by atoms with Crippen LogP contribution in [0.15, 0.2) is 53.4 Å². The van der Waals surface area contributed by atoms with Crippen molar-refractivity contribution >= 4 is 21.6 Å². The van der Waals surface area contributed by atoms with Crippen molar-refractivity contribution in [2.75, 3.05) is 20.3 Å². The van der Waals surface area contributed by atoms with Gasteiger partial charge in [-0.15, -0.1) is 0 Å². The maximum absolute atomic E-state index is 12.1. The zero-order valence-electron chi connectivity index (χ0n) is 13.0. The first kappa shape index (κ1) is 18.5. The van der Waals surface area contributed by atoms with Crippen LogP contribution < -0.4 is 14.2 Å². The monoisotopic (exact) mass is 371 g/mol. The van der Waals surface area contributed by atoms with Crippen molar-refractivity contribution in [3.63, 3.8) is 0 Å². The second-order valence-corrected chi connectivity index (χ2v) is 7.15. The molecular formula is C16H18ClNO5S. The topological polar surface area (TPSA) is 84.9 Å². The normalized spacial score (nSPS) is 12.6. The van der Waals surface area contributed by atoms with E-state index in [1.165, 1.54) is 12.1 Å². The number of aliphatic hydroxyl groups excluding tert-OH is 1. The fourth-order valence-corrected chi connectivity index (χ4v) is 3.22. The third-order valence-corrected chi connectivity index (χ3v) is 4.77. The highest BCUT2D eigenvalue weighted by atomic mass is 35.5. The highest BCUT2D eigenvalue weighted by Crippen LogP contribution is 2.17. The predicted octanol–water partition coefficient (Wildman–Crippen LogP) is 2.07. The van der Waals surface area contributed by atoms with E-state index >= 15 is 0 Å². The first-order chi connectivity index (χ1) is 11.4. The lowest BCUT2D eigenvalue weighted by atomic mass is 10.3. The van der Waals surface area contributed by atoms with Crippen molar-refractivity contribution in [3.8, 4) is 11.5 Å². The molecule has 6 nitrogen and oxygen atoms in total. The minimum absolute atomic E-state index is 0.0401. The van der Waals surface area contributed by atoms with E-state index < -0.39 is 16.1 Å². The second-order valence-electron chi connectivity index (χ2n) is 4.95. The van der Waals surface area contributed by atoms with E-state index in [0.29, 0.717) is 16.5 Å². The summed E-state index contributed by atoms with van der Waals surface area (Å²) >= 11 is 5.78. The van der Waals surface area contributed by atoms with Gasteiger partial charge in [0.15, 0.2) is 0 Å². The zero-order chi connectivity index (χ0) is 17.6. The zero-order valence-corrected chi connectivity index (χ0v) is 14.5. The lowest BCUT2D eigenvalue weighted by molar-refractivity contribution is 0.111. The summed E-state index contributed by atoms with van der Waals surface area (Å²) in [6.45, 7) is -0.227. The van der Waals surface area contributed by atoms with Gasteiger partial charge in [-0.25, -0.2) is 13.1 Å². The number of hydrogen-bond acceptors (Lipinski definition) is 5. The standard InChI is InChI=1S/C16H18ClNO5S/c1-22-14-5-7-15(8-6-14)23-11-13(19)10-18-24(20,21)16-4-2-3-12(17)9-16/h2-9,13,18-19H,10-11H2,1H3/t13-/m1/s1. The molecule has 0 amide bonds. The van der Waals surface area contributed by atoms with E-state index in [9.17, 15) is 13.5 Å². The van der Waals surface area contributed by atoms with Crippen LogP contribution in [0.1, 0.15) is 0 Å². The summed E-state index contributed by atoms with van der Waals surface area (Å²) in [5, 5.41) is 10.2. The van der Waals surface area contributed by atoms with E-state index in [0.717, 1.165) is 0 Å². The molecule has 0 saturated heterocycles. The lowest BCUT2D eigenvalue weighted by Gasteiger charge is -2.14. The van der Waals surface area contributed by atoms with Crippen LogP contribution in [0.4, 0.5) is 0 Å². The molecule has 2 N–H and O–H groups in total. The number of halogens is 1. The molecule has 1 atom stereocenters. The lowest BCUT2D eigenvalue weighted by Crippen LogP contribution is -2.35. The largest absolute Gasteiger partial charge is 0.497 e. The molecule has 0 aliphatic rings. The Morgan fingerprint density at radius 3 is 2.46 bits per heavy atom. The van der Waals surface area contributed by atoms with Gasteiger partial charge in [-0.05, 0) is 42.5 Å². The third kappa shape index (κ3) is 5.38. The fraction of sp³-hybridized carbons (Fsp3) is 0.250. The van der Waals surface area contributed by atoms with Gasteiger partial charge in [0.05, 0.1) is 12.0 Å². The predicted molar refractivity (Wildman–Crippen MR) is 91.1 cm³/mol. The molecule has 0 spiro atoms. The van der Waals surface area contributed by atoms with E-state index in [2.05, 4.69) is 4.72 Å². The number of methoxy groups -OCH3 is 1. The van der Waals surface area contributed by atoms with Gasteiger partial charge in [0.2, 0.25) is 10.0 Å². The molecule has 130 valence electrons. The minimum Gasteiger partial charge on any atom is -0.497 e. The summed E-state index contributed by atoms with van der Waals surface area (Å²) in [7, 11) is -2.18. The molecule has 0 aromatic heterocycles. The van der Waals surface area contributed by atoms with Gasteiger partial charge < -0.3 is 14.6 Å². The van der Waals surface area contributed by atoms with Crippen molar-refractivity contribution in [2.24, 2.45) is 0 Å².